The smallest absolute Gasteiger partial charge is 0.308 e. The van der Waals surface area contributed by atoms with E-state index in [1.165, 1.54) is 5.56 Å². The number of aryl methyl sites for hydroxylation is 3. The van der Waals surface area contributed by atoms with E-state index in [2.05, 4.69) is 22.8 Å². The first kappa shape index (κ1) is 19.0. The molecule has 2 aromatic carbocycles. The number of nitrogens with zero attached hydrogens (tertiary/aromatic N) is 2. The van der Waals surface area contributed by atoms with Crippen molar-refractivity contribution < 1.29 is 4.79 Å². The highest BCUT2D eigenvalue weighted by molar-refractivity contribution is 6.30. The van der Waals surface area contributed by atoms with Crippen LogP contribution in [0.5, 0.6) is 0 Å². The van der Waals surface area contributed by atoms with Crippen LogP contribution < -0.4 is 10.6 Å². The second-order valence-corrected chi connectivity index (χ2v) is 7.35. The fourth-order valence-electron chi connectivity index (χ4n) is 3.21. The van der Waals surface area contributed by atoms with E-state index in [0.29, 0.717) is 16.5 Å². The zero-order chi connectivity index (χ0) is 20.2. The van der Waals surface area contributed by atoms with Gasteiger partial charge >= 0.3 is 6.03 Å². The van der Waals surface area contributed by atoms with Crippen LogP contribution in [0, 0.1) is 6.92 Å². The average Bonchev–Trinajstić information content (AvgIpc) is 3.05. The molecule has 0 bridgehead atoms. The van der Waals surface area contributed by atoms with E-state index < -0.39 is 0 Å². The molecule has 4 aromatic rings. The molecule has 0 radical (unpaired) electrons. The van der Waals surface area contributed by atoms with Crippen molar-refractivity contribution >= 4 is 34.8 Å². The number of pyridine rings is 1. The largest absolute Gasteiger partial charge is 0.324 e. The summed E-state index contributed by atoms with van der Waals surface area (Å²) in [5, 5.41) is 6.43. The molecule has 6 heteroatoms. The molecular formula is C23H21ClN4O. The quantitative estimate of drug-likeness (QED) is 0.446. The van der Waals surface area contributed by atoms with E-state index in [1.54, 1.807) is 24.3 Å². The van der Waals surface area contributed by atoms with Gasteiger partial charge in [-0.05, 0) is 67.3 Å². The van der Waals surface area contributed by atoms with Gasteiger partial charge in [0.05, 0.1) is 5.69 Å². The van der Waals surface area contributed by atoms with Crippen LogP contribution in [-0.2, 0) is 12.8 Å². The molecule has 4 rings (SSSR count). The van der Waals surface area contributed by atoms with Crippen LogP contribution >= 0.6 is 11.6 Å². The minimum absolute atomic E-state index is 0.323. The van der Waals surface area contributed by atoms with Crippen LogP contribution in [0.25, 0.3) is 5.65 Å². The van der Waals surface area contributed by atoms with Crippen molar-refractivity contribution in [3.05, 3.63) is 94.8 Å². The summed E-state index contributed by atoms with van der Waals surface area (Å²) in [4.78, 5) is 17.4. The second kappa shape index (κ2) is 8.37. The number of hydrogen-bond acceptors (Lipinski definition) is 2. The molecule has 2 amide bonds. The number of urea groups is 1. The van der Waals surface area contributed by atoms with Gasteiger partial charge in [0, 0.05) is 16.9 Å². The number of halogens is 1. The number of amides is 2. The number of anilines is 2. The molecule has 0 unspecified atom stereocenters. The van der Waals surface area contributed by atoms with E-state index >= 15 is 0 Å². The maximum absolute atomic E-state index is 12.6. The predicted molar refractivity (Wildman–Crippen MR) is 118 cm³/mol. The second-order valence-electron chi connectivity index (χ2n) is 6.91. The summed E-state index contributed by atoms with van der Waals surface area (Å²) in [5.74, 6) is 0.683. The van der Waals surface area contributed by atoms with Crippen LogP contribution in [-0.4, -0.2) is 15.4 Å². The van der Waals surface area contributed by atoms with Gasteiger partial charge in [0.25, 0.3) is 0 Å². The topological polar surface area (TPSA) is 58.4 Å². The Morgan fingerprint density at radius 3 is 2.52 bits per heavy atom. The van der Waals surface area contributed by atoms with E-state index in [-0.39, 0.29) is 6.03 Å². The molecule has 0 saturated heterocycles. The normalized spacial score (nSPS) is 10.8. The number of nitrogens with one attached hydrogen (secondary N) is 2. The molecular weight excluding hydrogens is 384 g/mol. The molecule has 5 nitrogen and oxygen atoms in total. The fourth-order valence-corrected chi connectivity index (χ4v) is 3.34. The summed E-state index contributed by atoms with van der Waals surface area (Å²) < 4.78 is 1.91. The molecule has 29 heavy (non-hydrogen) atoms. The van der Waals surface area contributed by atoms with Crippen molar-refractivity contribution in [3.63, 3.8) is 0 Å². The first-order chi connectivity index (χ1) is 14.1. The van der Waals surface area contributed by atoms with Crippen LogP contribution in [0.4, 0.5) is 16.3 Å². The number of carbonyl (C=O) groups excluding carboxylic acids is 1. The number of carbonyl (C=O) groups is 1. The molecule has 146 valence electrons. The minimum atomic E-state index is -0.323. The lowest BCUT2D eigenvalue weighted by molar-refractivity contribution is 0.262. The third kappa shape index (κ3) is 4.58. The SMILES string of the molecule is Cc1ccn2c(NC(=O)Nc3ccc(Cl)cc3)c(CCc3ccccc3)nc2c1. The first-order valence-electron chi connectivity index (χ1n) is 9.43. The van der Waals surface area contributed by atoms with Gasteiger partial charge in [-0.25, -0.2) is 9.78 Å². The molecule has 2 N–H and O–H groups in total. The number of fused-ring (bicyclic) bond motifs is 1. The number of benzene rings is 2. The first-order valence-corrected chi connectivity index (χ1v) is 9.81. The molecule has 0 aliphatic carbocycles. The Balaban J connectivity index is 1.58. The number of imidazole rings is 1. The maximum Gasteiger partial charge on any atom is 0.324 e. The highest BCUT2D eigenvalue weighted by atomic mass is 35.5. The molecule has 0 aliphatic rings. The van der Waals surface area contributed by atoms with Crippen LogP contribution in [0.15, 0.2) is 72.9 Å². The van der Waals surface area contributed by atoms with Gasteiger partial charge in [0.2, 0.25) is 0 Å². The van der Waals surface area contributed by atoms with Gasteiger partial charge in [0.15, 0.2) is 0 Å². The zero-order valence-electron chi connectivity index (χ0n) is 16.0. The predicted octanol–water partition coefficient (Wildman–Crippen LogP) is 5.73. The Labute approximate surface area is 174 Å². The molecule has 2 heterocycles. The fraction of sp³-hybridized carbons (Fsp3) is 0.130. The highest BCUT2D eigenvalue weighted by Gasteiger charge is 2.15. The van der Waals surface area contributed by atoms with Crippen molar-refractivity contribution in [3.8, 4) is 0 Å². The maximum atomic E-state index is 12.6. The van der Waals surface area contributed by atoms with E-state index in [1.807, 2.05) is 47.9 Å². The average molecular weight is 405 g/mol. The van der Waals surface area contributed by atoms with Gasteiger partial charge in [-0.1, -0.05) is 41.9 Å². The standard InChI is InChI=1S/C23H21ClN4O/c1-16-13-14-28-21(15-16)26-20(12-7-17-5-3-2-4-6-17)22(28)27-23(29)25-19-10-8-18(24)9-11-19/h2-6,8-11,13-15H,7,12H2,1H3,(H2,25,27,29). The summed E-state index contributed by atoms with van der Waals surface area (Å²) in [7, 11) is 0. The lowest BCUT2D eigenvalue weighted by Gasteiger charge is -2.10. The van der Waals surface area contributed by atoms with Gasteiger partial charge in [-0.2, -0.15) is 0 Å². The van der Waals surface area contributed by atoms with Crippen molar-refractivity contribution in [1.29, 1.82) is 0 Å². The minimum Gasteiger partial charge on any atom is -0.308 e. The molecule has 2 aromatic heterocycles. The van der Waals surface area contributed by atoms with Crippen molar-refractivity contribution in [2.24, 2.45) is 0 Å². The van der Waals surface area contributed by atoms with Crippen LogP contribution in [0.3, 0.4) is 0 Å². The third-order valence-electron chi connectivity index (χ3n) is 4.68. The number of rotatable bonds is 5. The summed E-state index contributed by atoms with van der Waals surface area (Å²) in [6.45, 7) is 2.03. The monoisotopic (exact) mass is 404 g/mol. The van der Waals surface area contributed by atoms with Gasteiger partial charge in [-0.3, -0.25) is 9.72 Å². The Bertz CT molecular complexity index is 1140. The van der Waals surface area contributed by atoms with E-state index in [0.717, 1.165) is 29.7 Å². The van der Waals surface area contributed by atoms with Crippen molar-refractivity contribution in [1.82, 2.24) is 9.38 Å². The Hall–Kier alpha value is -3.31. The third-order valence-corrected chi connectivity index (χ3v) is 4.93. The van der Waals surface area contributed by atoms with Crippen LogP contribution in [0.2, 0.25) is 5.02 Å². The Morgan fingerprint density at radius 2 is 1.76 bits per heavy atom. The Morgan fingerprint density at radius 1 is 1.00 bits per heavy atom. The summed E-state index contributed by atoms with van der Waals surface area (Å²) >= 11 is 5.91. The molecule has 0 saturated carbocycles. The summed E-state index contributed by atoms with van der Waals surface area (Å²) in [6, 6.07) is 20.9. The summed E-state index contributed by atoms with van der Waals surface area (Å²) in [6.07, 6.45) is 3.50. The number of aromatic nitrogens is 2. The lowest BCUT2D eigenvalue weighted by Crippen LogP contribution is -2.21. The highest BCUT2D eigenvalue weighted by Crippen LogP contribution is 2.22. The molecule has 0 fully saturated rings. The number of hydrogen-bond donors (Lipinski definition) is 2. The lowest BCUT2D eigenvalue weighted by atomic mass is 10.1. The summed E-state index contributed by atoms with van der Waals surface area (Å²) in [5.41, 5.74) is 4.69. The van der Waals surface area contributed by atoms with Gasteiger partial charge in [-0.15, -0.1) is 0 Å². The molecule has 0 spiro atoms. The van der Waals surface area contributed by atoms with Gasteiger partial charge < -0.3 is 5.32 Å². The van der Waals surface area contributed by atoms with Crippen molar-refractivity contribution in [2.45, 2.75) is 19.8 Å². The van der Waals surface area contributed by atoms with Crippen LogP contribution in [0.1, 0.15) is 16.8 Å². The van der Waals surface area contributed by atoms with E-state index in [4.69, 9.17) is 16.6 Å². The van der Waals surface area contributed by atoms with Crippen molar-refractivity contribution in [2.75, 3.05) is 10.6 Å². The zero-order valence-corrected chi connectivity index (χ0v) is 16.8. The van der Waals surface area contributed by atoms with E-state index in [9.17, 15) is 4.79 Å². The van der Waals surface area contributed by atoms with Gasteiger partial charge in [0.1, 0.15) is 11.5 Å². The molecule has 0 aliphatic heterocycles. The molecule has 0 atom stereocenters. The Kier molecular flexibility index (Phi) is 5.49.